The maximum absolute atomic E-state index is 3.70. The van der Waals surface area contributed by atoms with E-state index >= 15 is 0 Å². The molecular weight excluding hydrogens is 196 g/mol. The van der Waals surface area contributed by atoms with E-state index in [1.54, 1.807) is 0 Å². The van der Waals surface area contributed by atoms with Gasteiger partial charge in [0.05, 0.1) is 0 Å². The molecule has 0 aromatic heterocycles. The Hall–Kier alpha value is -1.70. The number of nitrogens with one attached hydrogen (secondary N) is 1. The van der Waals surface area contributed by atoms with Crippen molar-refractivity contribution in [3.8, 4) is 0 Å². The van der Waals surface area contributed by atoms with Crippen LogP contribution in [0.5, 0.6) is 0 Å². The Kier molecular flexibility index (Phi) is 3.65. The highest BCUT2D eigenvalue weighted by atomic mass is 15.3. The van der Waals surface area contributed by atoms with E-state index in [-0.39, 0.29) is 0 Å². The van der Waals surface area contributed by atoms with Crippen LogP contribution in [0.1, 0.15) is 19.3 Å². The van der Waals surface area contributed by atoms with Crippen LogP contribution in [-0.2, 0) is 0 Å². The van der Waals surface area contributed by atoms with Gasteiger partial charge in [-0.25, -0.2) is 0 Å². The van der Waals surface area contributed by atoms with Crippen LogP contribution >= 0.6 is 0 Å². The number of allylic oxidation sites excluding steroid dienone is 6. The maximum atomic E-state index is 3.70. The second-order valence-electron chi connectivity index (χ2n) is 3.93. The molecule has 2 heteroatoms. The molecule has 1 N–H and O–H groups in total. The van der Waals surface area contributed by atoms with Gasteiger partial charge >= 0.3 is 0 Å². The van der Waals surface area contributed by atoms with Gasteiger partial charge in [-0.2, -0.15) is 0 Å². The first-order chi connectivity index (χ1) is 7.90. The van der Waals surface area contributed by atoms with Gasteiger partial charge in [-0.15, -0.1) is 6.58 Å². The predicted molar refractivity (Wildman–Crippen MR) is 68.3 cm³/mol. The standard InChI is InChI=1S/C14H18N2/c1-2-3-7-11-16-12-10-14(16)15-13-8-5-4-6-9-13/h2,4-5,7-8,10-11,15H,1,3,6,9,12H2/b11-7-. The number of hydrogen-bond acceptors (Lipinski definition) is 2. The Bertz CT molecular complexity index is 372. The largest absolute Gasteiger partial charge is 0.345 e. The van der Waals surface area contributed by atoms with Crippen LogP contribution in [0, 0.1) is 0 Å². The van der Waals surface area contributed by atoms with E-state index in [2.05, 4.69) is 53.4 Å². The molecule has 0 amide bonds. The van der Waals surface area contributed by atoms with E-state index in [1.165, 1.54) is 11.5 Å². The SMILES string of the molecule is C=CC/C=C\N1CC=C1NC1=CC=CCC1. The molecule has 0 atom stereocenters. The van der Waals surface area contributed by atoms with Crippen molar-refractivity contribution in [1.82, 2.24) is 10.2 Å². The highest BCUT2D eigenvalue weighted by Crippen LogP contribution is 2.17. The van der Waals surface area contributed by atoms with Crippen molar-refractivity contribution >= 4 is 0 Å². The first-order valence-electron chi connectivity index (χ1n) is 5.77. The lowest BCUT2D eigenvalue weighted by Crippen LogP contribution is -2.35. The highest BCUT2D eigenvalue weighted by Gasteiger charge is 2.15. The third kappa shape index (κ3) is 2.66. The smallest absolute Gasteiger partial charge is 0.107 e. The second-order valence-corrected chi connectivity index (χ2v) is 3.93. The molecule has 0 fully saturated rings. The summed E-state index contributed by atoms with van der Waals surface area (Å²) in [7, 11) is 0. The molecule has 2 rings (SSSR count). The van der Waals surface area contributed by atoms with Gasteiger partial charge in [0.2, 0.25) is 0 Å². The molecule has 1 aliphatic heterocycles. The summed E-state index contributed by atoms with van der Waals surface area (Å²) in [6, 6.07) is 0. The van der Waals surface area contributed by atoms with Crippen LogP contribution in [0.25, 0.3) is 0 Å². The van der Waals surface area contributed by atoms with Gasteiger partial charge in [-0.3, -0.25) is 0 Å². The van der Waals surface area contributed by atoms with Gasteiger partial charge in [-0.05, 0) is 31.4 Å². The molecule has 84 valence electrons. The molecule has 0 unspecified atom stereocenters. The van der Waals surface area contributed by atoms with E-state index in [4.69, 9.17) is 0 Å². The summed E-state index contributed by atoms with van der Waals surface area (Å²) >= 11 is 0. The number of rotatable bonds is 5. The summed E-state index contributed by atoms with van der Waals surface area (Å²) in [6.07, 6.45) is 18.0. The summed E-state index contributed by atoms with van der Waals surface area (Å²) < 4.78 is 0. The quantitative estimate of drug-likeness (QED) is 0.708. The molecule has 1 heterocycles. The van der Waals surface area contributed by atoms with Gasteiger partial charge in [-0.1, -0.05) is 24.3 Å². The fourth-order valence-corrected chi connectivity index (χ4v) is 1.71. The molecular formula is C14H18N2. The lowest BCUT2D eigenvalue weighted by atomic mass is 10.1. The molecule has 1 aliphatic carbocycles. The summed E-state index contributed by atoms with van der Waals surface area (Å²) in [6.45, 7) is 4.70. The third-order valence-corrected chi connectivity index (χ3v) is 2.68. The minimum atomic E-state index is 0.926. The summed E-state index contributed by atoms with van der Waals surface area (Å²) in [4.78, 5) is 2.21. The van der Waals surface area contributed by atoms with Crippen LogP contribution in [0.2, 0.25) is 0 Å². The van der Waals surface area contributed by atoms with Gasteiger partial charge in [0.1, 0.15) is 5.82 Å². The van der Waals surface area contributed by atoms with Crippen LogP contribution in [0.4, 0.5) is 0 Å². The van der Waals surface area contributed by atoms with Crippen molar-refractivity contribution in [2.24, 2.45) is 0 Å². The van der Waals surface area contributed by atoms with Crippen molar-refractivity contribution in [2.75, 3.05) is 6.54 Å². The Balaban J connectivity index is 1.84. The van der Waals surface area contributed by atoms with Crippen molar-refractivity contribution in [1.29, 1.82) is 0 Å². The highest BCUT2D eigenvalue weighted by molar-refractivity contribution is 5.24. The summed E-state index contributed by atoms with van der Waals surface area (Å²) in [5, 5.41) is 3.45. The zero-order chi connectivity index (χ0) is 11.2. The zero-order valence-electron chi connectivity index (χ0n) is 9.52. The van der Waals surface area contributed by atoms with Crippen LogP contribution < -0.4 is 5.32 Å². The minimum Gasteiger partial charge on any atom is -0.345 e. The Labute approximate surface area is 97.3 Å². The van der Waals surface area contributed by atoms with Crippen LogP contribution in [0.15, 0.2) is 60.8 Å². The van der Waals surface area contributed by atoms with Crippen molar-refractivity contribution in [3.63, 3.8) is 0 Å². The van der Waals surface area contributed by atoms with E-state index in [9.17, 15) is 0 Å². The lowest BCUT2D eigenvalue weighted by Gasteiger charge is -2.32. The van der Waals surface area contributed by atoms with Crippen LogP contribution in [-0.4, -0.2) is 11.4 Å². The first kappa shape index (κ1) is 10.8. The molecule has 0 saturated carbocycles. The van der Waals surface area contributed by atoms with Gasteiger partial charge in [0, 0.05) is 18.4 Å². The minimum absolute atomic E-state index is 0.926. The fourth-order valence-electron chi connectivity index (χ4n) is 1.71. The maximum Gasteiger partial charge on any atom is 0.107 e. The van der Waals surface area contributed by atoms with E-state index in [0.29, 0.717) is 0 Å². The molecule has 2 nitrogen and oxygen atoms in total. The summed E-state index contributed by atoms with van der Waals surface area (Å²) in [5.74, 6) is 1.20. The van der Waals surface area contributed by atoms with Gasteiger partial charge < -0.3 is 10.2 Å². The Morgan fingerprint density at radius 2 is 2.44 bits per heavy atom. The predicted octanol–water partition coefficient (Wildman–Crippen LogP) is 3.06. The van der Waals surface area contributed by atoms with Gasteiger partial charge in [0.25, 0.3) is 0 Å². The fraction of sp³-hybridized carbons (Fsp3) is 0.286. The zero-order valence-corrected chi connectivity index (χ0v) is 9.52. The second kappa shape index (κ2) is 5.40. The topological polar surface area (TPSA) is 15.3 Å². The van der Waals surface area contributed by atoms with Crippen LogP contribution in [0.3, 0.4) is 0 Å². The lowest BCUT2D eigenvalue weighted by molar-refractivity contribution is 0.419. The third-order valence-electron chi connectivity index (χ3n) is 2.68. The molecule has 0 bridgehead atoms. The van der Waals surface area contributed by atoms with Crippen molar-refractivity contribution in [3.05, 3.63) is 60.8 Å². The summed E-state index contributed by atoms with van der Waals surface area (Å²) in [5.41, 5.74) is 1.30. The van der Waals surface area contributed by atoms with Crippen molar-refractivity contribution < 1.29 is 0 Å². The molecule has 0 spiro atoms. The van der Waals surface area contributed by atoms with E-state index in [0.717, 1.165) is 25.8 Å². The first-order valence-corrected chi connectivity index (χ1v) is 5.77. The molecule has 0 radical (unpaired) electrons. The molecule has 2 aliphatic rings. The van der Waals surface area contributed by atoms with Gasteiger partial charge in [0.15, 0.2) is 0 Å². The average molecular weight is 214 g/mol. The molecule has 0 aromatic rings. The van der Waals surface area contributed by atoms with E-state index < -0.39 is 0 Å². The monoisotopic (exact) mass is 214 g/mol. The van der Waals surface area contributed by atoms with Crippen molar-refractivity contribution in [2.45, 2.75) is 19.3 Å². The van der Waals surface area contributed by atoms with E-state index in [1.807, 2.05) is 6.08 Å². The number of hydrogen-bond donors (Lipinski definition) is 1. The molecule has 16 heavy (non-hydrogen) atoms. The Morgan fingerprint density at radius 1 is 1.50 bits per heavy atom. The number of nitrogens with zero attached hydrogens (tertiary/aromatic N) is 1. The normalized spacial score (nSPS) is 19.1. The molecule has 0 saturated heterocycles. The molecule has 0 aromatic carbocycles. The Morgan fingerprint density at radius 3 is 3.06 bits per heavy atom. The average Bonchev–Trinajstić information content (AvgIpc) is 2.32.